The highest BCUT2D eigenvalue weighted by atomic mass is 32.1. The quantitative estimate of drug-likeness (QED) is 0.415. The van der Waals surface area contributed by atoms with Gasteiger partial charge in [-0.2, -0.15) is 5.06 Å². The van der Waals surface area contributed by atoms with Crippen LogP contribution in [-0.2, 0) is 14.4 Å². The summed E-state index contributed by atoms with van der Waals surface area (Å²) in [5, 5.41) is 17.9. The van der Waals surface area contributed by atoms with Gasteiger partial charge in [0.2, 0.25) is 11.8 Å². The summed E-state index contributed by atoms with van der Waals surface area (Å²) in [6.45, 7) is 14.4. The van der Waals surface area contributed by atoms with Crippen molar-refractivity contribution in [1.82, 2.24) is 15.4 Å². The average molecular weight is 425 g/mol. The molecule has 0 saturated heterocycles. The molecule has 1 rings (SSSR count). The number of allylic oxidation sites excluding steroid dienone is 1. The van der Waals surface area contributed by atoms with Crippen LogP contribution < -0.4 is 10.6 Å². The molecule has 3 amide bonds. The van der Waals surface area contributed by atoms with Crippen molar-refractivity contribution in [1.29, 1.82) is 0 Å². The Morgan fingerprint density at radius 1 is 1.28 bits per heavy atom. The molecule has 0 saturated carbocycles. The van der Waals surface area contributed by atoms with Gasteiger partial charge in [0.25, 0.3) is 5.91 Å². The van der Waals surface area contributed by atoms with Crippen molar-refractivity contribution in [3.8, 4) is 0 Å². The number of anilines is 1. The number of nitrogens with zero attached hydrogens (tertiary/aromatic N) is 2. The number of hydrogen-bond donors (Lipinski definition) is 3. The van der Waals surface area contributed by atoms with Crippen molar-refractivity contribution in [2.24, 2.45) is 17.3 Å². The molecule has 0 unspecified atom stereocenters. The number of thiazole rings is 1. The molecule has 0 aliphatic rings. The molecule has 9 heteroatoms. The average Bonchev–Trinajstić information content (AvgIpc) is 3.09. The van der Waals surface area contributed by atoms with Gasteiger partial charge in [0, 0.05) is 29.6 Å². The summed E-state index contributed by atoms with van der Waals surface area (Å²) in [5.41, 5.74) is -0.390. The third kappa shape index (κ3) is 7.94. The van der Waals surface area contributed by atoms with Crippen molar-refractivity contribution in [3.05, 3.63) is 23.9 Å². The number of amides is 3. The highest BCUT2D eigenvalue weighted by Crippen LogP contribution is 2.24. The smallest absolute Gasteiger partial charge is 0.251 e. The van der Waals surface area contributed by atoms with E-state index in [9.17, 15) is 19.6 Å². The van der Waals surface area contributed by atoms with Crippen LogP contribution in [0.3, 0.4) is 0 Å². The molecular formula is C20H32N4O4S. The first-order valence-corrected chi connectivity index (χ1v) is 10.4. The lowest BCUT2D eigenvalue weighted by Crippen LogP contribution is -2.53. The summed E-state index contributed by atoms with van der Waals surface area (Å²) in [4.78, 5) is 42.1. The Balaban J connectivity index is 2.97. The van der Waals surface area contributed by atoms with Crippen molar-refractivity contribution in [2.75, 3.05) is 5.32 Å². The first-order chi connectivity index (χ1) is 13.3. The second-order valence-electron chi connectivity index (χ2n) is 8.61. The predicted molar refractivity (Wildman–Crippen MR) is 113 cm³/mol. The number of carbonyl (C=O) groups excluding carboxylic acids is 3. The molecule has 1 aromatic rings. The predicted octanol–water partition coefficient (Wildman–Crippen LogP) is 3.42. The van der Waals surface area contributed by atoms with Crippen molar-refractivity contribution < 1.29 is 19.6 Å². The Labute approximate surface area is 176 Å². The van der Waals surface area contributed by atoms with Crippen molar-refractivity contribution in [2.45, 2.75) is 60.4 Å². The molecule has 0 spiro atoms. The molecule has 3 N–H and O–H groups in total. The zero-order valence-corrected chi connectivity index (χ0v) is 18.8. The summed E-state index contributed by atoms with van der Waals surface area (Å²) in [6.07, 6.45) is 1.84. The zero-order valence-electron chi connectivity index (χ0n) is 18.0. The zero-order chi connectivity index (χ0) is 22.4. The van der Waals surface area contributed by atoms with Crippen molar-refractivity contribution >= 4 is 34.2 Å². The van der Waals surface area contributed by atoms with Crippen LogP contribution in [0.15, 0.2) is 23.9 Å². The number of aromatic nitrogens is 1. The molecule has 0 aliphatic heterocycles. The van der Waals surface area contributed by atoms with Crippen LogP contribution in [0.4, 0.5) is 5.13 Å². The van der Waals surface area contributed by atoms with E-state index < -0.39 is 29.2 Å². The van der Waals surface area contributed by atoms with Crippen LogP contribution in [0.1, 0.15) is 54.4 Å². The topological polar surface area (TPSA) is 112 Å². The van der Waals surface area contributed by atoms with E-state index in [0.29, 0.717) is 16.6 Å². The van der Waals surface area contributed by atoms with E-state index in [1.54, 1.807) is 11.6 Å². The van der Waals surface area contributed by atoms with Crippen LogP contribution in [0.2, 0.25) is 0 Å². The molecule has 8 nitrogen and oxygen atoms in total. The molecule has 0 bridgehead atoms. The number of hydrogen-bond acceptors (Lipinski definition) is 6. The Morgan fingerprint density at radius 2 is 1.90 bits per heavy atom. The van der Waals surface area contributed by atoms with Crippen LogP contribution >= 0.6 is 11.3 Å². The Kier molecular flexibility index (Phi) is 8.97. The minimum atomic E-state index is -0.824. The van der Waals surface area contributed by atoms with Gasteiger partial charge in [-0.25, -0.2) is 4.98 Å². The second-order valence-corrected chi connectivity index (χ2v) is 9.50. The normalized spacial score (nSPS) is 13.5. The lowest BCUT2D eigenvalue weighted by molar-refractivity contribution is -0.159. The monoisotopic (exact) mass is 424 g/mol. The van der Waals surface area contributed by atoms with Crippen molar-refractivity contribution in [3.63, 3.8) is 0 Å². The van der Waals surface area contributed by atoms with Gasteiger partial charge in [-0.05, 0) is 24.7 Å². The van der Waals surface area contributed by atoms with Gasteiger partial charge in [0.1, 0.15) is 6.04 Å². The summed E-state index contributed by atoms with van der Waals surface area (Å²) in [5.74, 6) is -1.93. The first kappa shape index (κ1) is 24.8. The third-order valence-electron chi connectivity index (χ3n) is 4.22. The molecule has 29 heavy (non-hydrogen) atoms. The molecule has 0 fully saturated rings. The number of hydroxylamine groups is 2. The minimum Gasteiger partial charge on any atom is -0.344 e. The third-order valence-corrected chi connectivity index (χ3v) is 4.91. The SMILES string of the molecule is C=C(C)N(O)C(=O)C[C@@H](CC(C)C)C(=O)N[C@H](C(=O)Nc1nccs1)C(C)(C)C. The van der Waals surface area contributed by atoms with Gasteiger partial charge < -0.3 is 10.6 Å². The van der Waals surface area contributed by atoms with Crippen LogP contribution in [-0.4, -0.2) is 39.0 Å². The van der Waals surface area contributed by atoms with Gasteiger partial charge in [-0.15, -0.1) is 11.3 Å². The van der Waals surface area contributed by atoms with E-state index in [1.807, 2.05) is 34.6 Å². The number of carbonyl (C=O) groups is 3. The summed E-state index contributed by atoms with van der Waals surface area (Å²) < 4.78 is 0. The highest BCUT2D eigenvalue weighted by molar-refractivity contribution is 7.13. The largest absolute Gasteiger partial charge is 0.344 e. The summed E-state index contributed by atoms with van der Waals surface area (Å²) in [7, 11) is 0. The molecule has 0 aromatic carbocycles. The second kappa shape index (κ2) is 10.5. The van der Waals surface area contributed by atoms with Gasteiger partial charge in [0.05, 0.1) is 0 Å². The maximum Gasteiger partial charge on any atom is 0.251 e. The van der Waals surface area contributed by atoms with E-state index in [0.717, 1.165) is 0 Å². The molecular weight excluding hydrogens is 392 g/mol. The Hall–Kier alpha value is -2.26. The lowest BCUT2D eigenvalue weighted by Gasteiger charge is -2.31. The van der Waals surface area contributed by atoms with E-state index in [4.69, 9.17) is 0 Å². The van der Waals surface area contributed by atoms with Gasteiger partial charge in [-0.1, -0.05) is 41.2 Å². The molecule has 2 atom stereocenters. The Bertz CT molecular complexity index is 725. The molecule has 1 aromatic heterocycles. The minimum absolute atomic E-state index is 0.146. The number of nitrogens with one attached hydrogen (secondary N) is 2. The van der Waals surface area contributed by atoms with Crippen LogP contribution in [0, 0.1) is 17.3 Å². The van der Waals surface area contributed by atoms with Crippen LogP contribution in [0.25, 0.3) is 0 Å². The fourth-order valence-corrected chi connectivity index (χ4v) is 3.29. The van der Waals surface area contributed by atoms with E-state index >= 15 is 0 Å². The molecule has 0 aliphatic carbocycles. The Morgan fingerprint density at radius 3 is 2.34 bits per heavy atom. The maximum absolute atomic E-state index is 13.0. The lowest BCUT2D eigenvalue weighted by atomic mass is 9.85. The summed E-state index contributed by atoms with van der Waals surface area (Å²) >= 11 is 1.29. The fraction of sp³-hybridized carbons (Fsp3) is 0.600. The molecule has 162 valence electrons. The first-order valence-electron chi connectivity index (χ1n) is 9.51. The van der Waals surface area contributed by atoms with Gasteiger partial charge >= 0.3 is 0 Å². The van der Waals surface area contributed by atoms with Gasteiger partial charge in [-0.3, -0.25) is 19.6 Å². The standard InChI is InChI=1S/C20H32N4O4S/c1-12(2)10-14(11-15(25)24(28)13(3)4)17(26)22-16(20(5,6)7)18(27)23-19-21-8-9-29-19/h8-9,12,14,16,28H,3,10-11H2,1-2,4-7H3,(H,22,26)(H,21,23,27)/t14-,16-/m1/s1. The fourth-order valence-electron chi connectivity index (χ4n) is 2.76. The van der Waals surface area contributed by atoms with E-state index in [2.05, 4.69) is 22.2 Å². The molecule has 1 heterocycles. The highest BCUT2D eigenvalue weighted by Gasteiger charge is 2.35. The van der Waals surface area contributed by atoms with Crippen LogP contribution in [0.5, 0.6) is 0 Å². The number of rotatable bonds is 9. The van der Waals surface area contributed by atoms with E-state index in [1.165, 1.54) is 18.3 Å². The molecule has 0 radical (unpaired) electrons. The summed E-state index contributed by atoms with van der Waals surface area (Å²) in [6, 6.07) is -0.824. The maximum atomic E-state index is 13.0. The van der Waals surface area contributed by atoms with Gasteiger partial charge in [0.15, 0.2) is 5.13 Å². The van der Waals surface area contributed by atoms with E-state index in [-0.39, 0.29) is 23.9 Å².